The average molecular weight is 441 g/mol. The van der Waals surface area contributed by atoms with E-state index in [0.717, 1.165) is 23.6 Å². The first-order chi connectivity index (χ1) is 15.4. The summed E-state index contributed by atoms with van der Waals surface area (Å²) in [5.74, 6) is 1.20. The first-order valence-corrected chi connectivity index (χ1v) is 10.2. The molecule has 0 spiro atoms. The van der Waals surface area contributed by atoms with Crippen LogP contribution in [0, 0.1) is 0 Å². The number of pyridine rings is 1. The van der Waals surface area contributed by atoms with Gasteiger partial charge in [-0.3, -0.25) is 4.79 Å². The van der Waals surface area contributed by atoms with Crippen LogP contribution in [0.1, 0.15) is 21.5 Å². The van der Waals surface area contributed by atoms with Crippen LogP contribution >= 0.6 is 0 Å². The van der Waals surface area contributed by atoms with Gasteiger partial charge in [-0.2, -0.15) is 13.2 Å². The Labute approximate surface area is 184 Å². The van der Waals surface area contributed by atoms with Crippen LogP contribution < -0.4 is 9.64 Å². The SMILES string of the molecule is O=C(c1ccc(COc2ccccc2)cc1)N1CCN(c2ccc(C(F)(F)F)cn2)CC1. The average Bonchev–Trinajstić information content (AvgIpc) is 2.83. The van der Waals surface area contributed by atoms with Crippen LogP contribution in [0.2, 0.25) is 0 Å². The number of alkyl halides is 3. The molecule has 2 heterocycles. The standard InChI is InChI=1S/C24H22F3N3O2/c25-24(26,27)20-10-11-22(28-16-20)29-12-14-30(15-13-29)23(31)19-8-6-18(7-9-19)17-32-21-4-2-1-3-5-21/h1-11,16H,12-15,17H2. The monoisotopic (exact) mass is 441 g/mol. The molecule has 0 radical (unpaired) electrons. The zero-order chi connectivity index (χ0) is 22.6. The molecule has 0 N–H and O–H groups in total. The number of hydrogen-bond donors (Lipinski definition) is 0. The van der Waals surface area contributed by atoms with E-state index in [1.165, 1.54) is 6.07 Å². The van der Waals surface area contributed by atoms with Crippen molar-refractivity contribution < 1.29 is 22.7 Å². The van der Waals surface area contributed by atoms with Crippen molar-refractivity contribution in [2.45, 2.75) is 12.8 Å². The summed E-state index contributed by atoms with van der Waals surface area (Å²) in [6.45, 7) is 2.37. The van der Waals surface area contributed by atoms with Crippen molar-refractivity contribution in [1.29, 1.82) is 0 Å². The van der Waals surface area contributed by atoms with Gasteiger partial charge >= 0.3 is 6.18 Å². The molecule has 0 aliphatic carbocycles. The highest BCUT2D eigenvalue weighted by Crippen LogP contribution is 2.29. The zero-order valence-corrected chi connectivity index (χ0v) is 17.3. The van der Waals surface area contributed by atoms with Gasteiger partial charge in [0.15, 0.2) is 0 Å². The molecule has 5 nitrogen and oxygen atoms in total. The second-order valence-corrected chi connectivity index (χ2v) is 7.48. The second kappa shape index (κ2) is 9.30. The van der Waals surface area contributed by atoms with Gasteiger partial charge in [0, 0.05) is 37.9 Å². The van der Waals surface area contributed by atoms with Crippen molar-refractivity contribution in [3.63, 3.8) is 0 Å². The molecule has 1 aliphatic heterocycles. The van der Waals surface area contributed by atoms with Crippen molar-refractivity contribution in [2.75, 3.05) is 31.1 Å². The van der Waals surface area contributed by atoms with Crippen LogP contribution in [0.3, 0.4) is 0 Å². The summed E-state index contributed by atoms with van der Waals surface area (Å²) in [7, 11) is 0. The number of anilines is 1. The molecule has 1 fully saturated rings. The molecule has 0 unspecified atom stereocenters. The van der Waals surface area contributed by atoms with E-state index in [2.05, 4.69) is 4.98 Å². The minimum Gasteiger partial charge on any atom is -0.489 e. The summed E-state index contributed by atoms with van der Waals surface area (Å²) in [6, 6.07) is 19.2. The van der Waals surface area contributed by atoms with E-state index in [9.17, 15) is 18.0 Å². The Hall–Kier alpha value is -3.55. The molecule has 1 aromatic heterocycles. The molecule has 4 rings (SSSR count). The Balaban J connectivity index is 1.30. The van der Waals surface area contributed by atoms with Crippen LogP contribution in [-0.2, 0) is 12.8 Å². The number of benzene rings is 2. The third kappa shape index (κ3) is 5.19. The molecule has 8 heteroatoms. The Morgan fingerprint density at radius 3 is 2.19 bits per heavy atom. The lowest BCUT2D eigenvalue weighted by Gasteiger charge is -2.35. The molecule has 0 bridgehead atoms. The Morgan fingerprint density at radius 2 is 1.59 bits per heavy atom. The van der Waals surface area contributed by atoms with E-state index in [1.807, 2.05) is 47.4 Å². The first kappa shape index (κ1) is 21.7. The van der Waals surface area contributed by atoms with E-state index >= 15 is 0 Å². The molecule has 1 saturated heterocycles. The number of ether oxygens (including phenoxy) is 1. The van der Waals surface area contributed by atoms with Gasteiger partial charge in [-0.25, -0.2) is 4.98 Å². The molecule has 1 aliphatic rings. The van der Waals surface area contributed by atoms with Gasteiger partial charge in [0.2, 0.25) is 0 Å². The van der Waals surface area contributed by atoms with Gasteiger partial charge in [0.25, 0.3) is 5.91 Å². The maximum atomic E-state index is 12.8. The predicted octanol–water partition coefficient (Wildman–Crippen LogP) is 4.64. The number of carbonyl (C=O) groups is 1. The number of hydrogen-bond acceptors (Lipinski definition) is 4. The van der Waals surface area contributed by atoms with E-state index in [0.29, 0.717) is 44.2 Å². The lowest BCUT2D eigenvalue weighted by molar-refractivity contribution is -0.137. The van der Waals surface area contributed by atoms with Gasteiger partial charge in [-0.1, -0.05) is 30.3 Å². The number of aromatic nitrogens is 1. The van der Waals surface area contributed by atoms with E-state index in [4.69, 9.17) is 4.74 Å². The fourth-order valence-corrected chi connectivity index (χ4v) is 3.49. The van der Waals surface area contributed by atoms with Gasteiger partial charge in [-0.15, -0.1) is 0 Å². The number of amides is 1. The lowest BCUT2D eigenvalue weighted by atomic mass is 10.1. The molecule has 3 aromatic rings. The molecule has 1 amide bonds. The minimum absolute atomic E-state index is 0.0689. The fraction of sp³-hybridized carbons (Fsp3) is 0.250. The summed E-state index contributed by atoms with van der Waals surface area (Å²) in [6.07, 6.45) is -3.56. The van der Waals surface area contributed by atoms with Gasteiger partial charge in [0.05, 0.1) is 5.56 Å². The topological polar surface area (TPSA) is 45.7 Å². The quantitative estimate of drug-likeness (QED) is 0.579. The number of para-hydroxylation sites is 1. The molecule has 2 aromatic carbocycles. The van der Waals surface area contributed by atoms with E-state index in [-0.39, 0.29) is 5.91 Å². The highest BCUT2D eigenvalue weighted by atomic mass is 19.4. The third-order valence-electron chi connectivity index (χ3n) is 5.32. The van der Waals surface area contributed by atoms with Crippen molar-refractivity contribution in [3.8, 4) is 5.75 Å². The van der Waals surface area contributed by atoms with Crippen molar-refractivity contribution in [2.24, 2.45) is 0 Å². The van der Waals surface area contributed by atoms with Gasteiger partial charge in [0.1, 0.15) is 18.2 Å². The number of carbonyl (C=O) groups excluding carboxylic acids is 1. The van der Waals surface area contributed by atoms with Crippen LogP contribution in [0.25, 0.3) is 0 Å². The molecular formula is C24H22F3N3O2. The third-order valence-corrected chi connectivity index (χ3v) is 5.32. The highest BCUT2D eigenvalue weighted by Gasteiger charge is 2.31. The Kier molecular flexibility index (Phi) is 6.30. The van der Waals surface area contributed by atoms with Crippen molar-refractivity contribution in [1.82, 2.24) is 9.88 Å². The number of rotatable bonds is 5. The van der Waals surface area contributed by atoms with Crippen molar-refractivity contribution in [3.05, 3.63) is 89.6 Å². The first-order valence-electron chi connectivity index (χ1n) is 10.2. The molecule has 0 atom stereocenters. The Morgan fingerprint density at radius 1 is 0.906 bits per heavy atom. The smallest absolute Gasteiger partial charge is 0.417 e. The van der Waals surface area contributed by atoms with Crippen LogP contribution in [0.5, 0.6) is 5.75 Å². The fourth-order valence-electron chi connectivity index (χ4n) is 3.49. The number of nitrogens with zero attached hydrogens (tertiary/aromatic N) is 3. The summed E-state index contributed by atoms with van der Waals surface area (Å²) in [4.78, 5) is 20.4. The highest BCUT2D eigenvalue weighted by molar-refractivity contribution is 5.94. The molecular weight excluding hydrogens is 419 g/mol. The van der Waals surface area contributed by atoms with Crippen LogP contribution in [0.4, 0.5) is 19.0 Å². The van der Waals surface area contributed by atoms with Gasteiger partial charge in [-0.05, 0) is 42.0 Å². The summed E-state index contributed by atoms with van der Waals surface area (Å²) >= 11 is 0. The molecule has 166 valence electrons. The predicted molar refractivity (Wildman–Crippen MR) is 115 cm³/mol. The van der Waals surface area contributed by atoms with Crippen molar-refractivity contribution >= 4 is 11.7 Å². The van der Waals surface area contributed by atoms with E-state index < -0.39 is 11.7 Å². The Bertz CT molecular complexity index is 1030. The normalized spacial score (nSPS) is 14.3. The maximum absolute atomic E-state index is 12.8. The second-order valence-electron chi connectivity index (χ2n) is 7.48. The largest absolute Gasteiger partial charge is 0.489 e. The zero-order valence-electron chi connectivity index (χ0n) is 17.3. The number of halogens is 3. The van der Waals surface area contributed by atoms with Crippen LogP contribution in [-0.4, -0.2) is 42.0 Å². The van der Waals surface area contributed by atoms with Crippen LogP contribution in [0.15, 0.2) is 72.9 Å². The van der Waals surface area contributed by atoms with Gasteiger partial charge < -0.3 is 14.5 Å². The molecule has 0 saturated carbocycles. The summed E-state index contributed by atoms with van der Waals surface area (Å²) in [5, 5.41) is 0. The maximum Gasteiger partial charge on any atom is 0.417 e. The lowest BCUT2D eigenvalue weighted by Crippen LogP contribution is -2.49. The minimum atomic E-state index is -4.40. The summed E-state index contributed by atoms with van der Waals surface area (Å²) in [5.41, 5.74) is 0.783. The van der Waals surface area contributed by atoms with E-state index in [1.54, 1.807) is 17.0 Å². The number of piperazine rings is 1. The summed E-state index contributed by atoms with van der Waals surface area (Å²) < 4.78 is 43.8. The molecule has 32 heavy (non-hydrogen) atoms.